The number of rotatable bonds is 2. The van der Waals surface area contributed by atoms with Gasteiger partial charge in [0, 0.05) is 5.92 Å². The molecule has 0 aromatic heterocycles. The second-order valence-corrected chi connectivity index (χ2v) is 5.78. The van der Waals surface area contributed by atoms with Crippen LogP contribution < -0.4 is 5.32 Å². The Balaban J connectivity index is 1.81. The van der Waals surface area contributed by atoms with Gasteiger partial charge in [-0.25, -0.2) is 0 Å². The summed E-state index contributed by atoms with van der Waals surface area (Å²) in [6, 6.07) is 4.86. The van der Waals surface area contributed by atoms with Crippen LogP contribution in [0.5, 0.6) is 0 Å². The van der Waals surface area contributed by atoms with E-state index in [1.54, 1.807) is 6.07 Å². The standard InChI is InChI=1S/C15H13F3N2O/c16-15(17,18)12-3-8(7-19)1-2-13(12)20-14(21)11-5-9-4-10(9)6-11/h1-3,9-11H,4-6H2,(H,20,21). The lowest BCUT2D eigenvalue weighted by Crippen LogP contribution is -2.23. The number of hydrogen-bond donors (Lipinski definition) is 1. The first-order chi connectivity index (χ1) is 9.88. The van der Waals surface area contributed by atoms with Crippen molar-refractivity contribution in [3.63, 3.8) is 0 Å². The van der Waals surface area contributed by atoms with E-state index in [1.807, 2.05) is 0 Å². The molecular weight excluding hydrogens is 281 g/mol. The number of hydrogen-bond acceptors (Lipinski definition) is 2. The number of nitrogens with one attached hydrogen (secondary N) is 1. The average Bonchev–Trinajstić information content (AvgIpc) is 3.04. The highest BCUT2D eigenvalue weighted by Crippen LogP contribution is 2.54. The molecular formula is C15H13F3N2O. The normalized spacial score (nSPS) is 26.9. The molecule has 2 unspecified atom stereocenters. The van der Waals surface area contributed by atoms with Crippen LogP contribution in [0.25, 0.3) is 0 Å². The number of alkyl halides is 3. The van der Waals surface area contributed by atoms with Gasteiger partial charge in [-0.15, -0.1) is 0 Å². The van der Waals surface area contributed by atoms with Crippen LogP contribution in [-0.4, -0.2) is 5.91 Å². The SMILES string of the molecule is N#Cc1ccc(NC(=O)C2CC3CC3C2)c(C(F)(F)F)c1. The second kappa shape index (κ2) is 4.76. The lowest BCUT2D eigenvalue weighted by molar-refractivity contribution is -0.137. The van der Waals surface area contributed by atoms with Crippen molar-refractivity contribution in [2.24, 2.45) is 17.8 Å². The van der Waals surface area contributed by atoms with Crippen molar-refractivity contribution < 1.29 is 18.0 Å². The number of nitriles is 1. The average molecular weight is 294 g/mol. The minimum atomic E-state index is -4.60. The van der Waals surface area contributed by atoms with Crippen molar-refractivity contribution in [1.29, 1.82) is 5.26 Å². The molecule has 2 aliphatic carbocycles. The molecule has 1 amide bonds. The van der Waals surface area contributed by atoms with E-state index in [9.17, 15) is 18.0 Å². The van der Waals surface area contributed by atoms with Crippen molar-refractivity contribution in [2.45, 2.75) is 25.4 Å². The molecule has 2 atom stereocenters. The highest BCUT2D eigenvalue weighted by Gasteiger charge is 2.48. The van der Waals surface area contributed by atoms with Gasteiger partial charge in [-0.05, 0) is 49.3 Å². The van der Waals surface area contributed by atoms with Gasteiger partial charge in [0.1, 0.15) is 0 Å². The molecule has 1 aromatic rings. The number of carbonyl (C=O) groups excluding carboxylic acids is 1. The third-order valence-electron chi connectivity index (χ3n) is 4.33. The Hall–Kier alpha value is -2.03. The van der Waals surface area contributed by atoms with Crippen molar-refractivity contribution >= 4 is 11.6 Å². The van der Waals surface area contributed by atoms with Gasteiger partial charge in [-0.1, -0.05) is 0 Å². The summed E-state index contributed by atoms with van der Waals surface area (Å²) in [6.45, 7) is 0. The van der Waals surface area contributed by atoms with E-state index in [0.29, 0.717) is 11.8 Å². The summed E-state index contributed by atoms with van der Waals surface area (Å²) in [5.74, 6) is 0.635. The topological polar surface area (TPSA) is 52.9 Å². The third kappa shape index (κ3) is 2.73. The summed E-state index contributed by atoms with van der Waals surface area (Å²) in [5, 5.41) is 11.1. The summed E-state index contributed by atoms with van der Waals surface area (Å²) in [5.41, 5.74) is -1.33. The fourth-order valence-corrected chi connectivity index (χ4v) is 3.12. The van der Waals surface area contributed by atoms with Crippen LogP contribution in [0.4, 0.5) is 18.9 Å². The number of amides is 1. The predicted octanol–water partition coefficient (Wildman–Crippen LogP) is 3.56. The molecule has 0 radical (unpaired) electrons. The third-order valence-corrected chi connectivity index (χ3v) is 4.33. The lowest BCUT2D eigenvalue weighted by atomic mass is 10.0. The van der Waals surface area contributed by atoms with Gasteiger partial charge < -0.3 is 5.32 Å². The van der Waals surface area contributed by atoms with Crippen molar-refractivity contribution in [3.05, 3.63) is 29.3 Å². The number of benzene rings is 1. The number of anilines is 1. The first-order valence-corrected chi connectivity index (χ1v) is 6.80. The van der Waals surface area contributed by atoms with E-state index in [0.717, 1.165) is 31.4 Å². The van der Waals surface area contributed by atoms with E-state index < -0.39 is 11.7 Å². The van der Waals surface area contributed by atoms with E-state index in [-0.39, 0.29) is 23.1 Å². The smallest absolute Gasteiger partial charge is 0.325 e. The Morgan fingerprint density at radius 1 is 1.24 bits per heavy atom. The fraction of sp³-hybridized carbons (Fsp3) is 0.467. The van der Waals surface area contributed by atoms with Crippen LogP contribution in [0.3, 0.4) is 0 Å². The summed E-state index contributed by atoms with van der Waals surface area (Å²) >= 11 is 0. The minimum Gasteiger partial charge on any atom is -0.325 e. The van der Waals surface area contributed by atoms with E-state index in [1.165, 1.54) is 6.07 Å². The van der Waals surface area contributed by atoms with Crippen LogP contribution in [0.2, 0.25) is 0 Å². The Kier molecular flexibility index (Phi) is 3.16. The van der Waals surface area contributed by atoms with E-state index in [2.05, 4.69) is 5.32 Å². The molecule has 2 aliphatic rings. The zero-order valence-corrected chi connectivity index (χ0v) is 11.1. The molecule has 1 N–H and O–H groups in total. The molecule has 6 heteroatoms. The molecule has 0 bridgehead atoms. The van der Waals surface area contributed by atoms with Gasteiger partial charge >= 0.3 is 6.18 Å². The molecule has 0 aliphatic heterocycles. The van der Waals surface area contributed by atoms with Gasteiger partial charge in [-0.3, -0.25) is 4.79 Å². The minimum absolute atomic E-state index is 0.0811. The van der Waals surface area contributed by atoms with Crippen LogP contribution in [0, 0.1) is 29.1 Å². The van der Waals surface area contributed by atoms with Crippen LogP contribution in [0.1, 0.15) is 30.4 Å². The molecule has 0 spiro atoms. The largest absolute Gasteiger partial charge is 0.418 e. The Morgan fingerprint density at radius 2 is 1.90 bits per heavy atom. The number of fused-ring (bicyclic) bond motifs is 1. The van der Waals surface area contributed by atoms with E-state index >= 15 is 0 Å². The Labute approximate surface area is 119 Å². The first kappa shape index (κ1) is 13.9. The maximum absolute atomic E-state index is 13.0. The van der Waals surface area contributed by atoms with E-state index in [4.69, 9.17) is 5.26 Å². The molecule has 2 fully saturated rings. The Bertz CT molecular complexity index is 623. The number of nitrogens with zero attached hydrogens (tertiary/aromatic N) is 1. The summed E-state index contributed by atoms with van der Waals surface area (Å²) < 4.78 is 39.0. The quantitative estimate of drug-likeness (QED) is 0.906. The van der Waals surface area contributed by atoms with Gasteiger partial charge in [0.2, 0.25) is 5.91 Å². The van der Waals surface area contributed by atoms with Crippen LogP contribution >= 0.6 is 0 Å². The van der Waals surface area contributed by atoms with Gasteiger partial charge in [0.25, 0.3) is 0 Å². The Morgan fingerprint density at radius 3 is 2.48 bits per heavy atom. The monoisotopic (exact) mass is 294 g/mol. The molecule has 2 saturated carbocycles. The van der Waals surface area contributed by atoms with Crippen LogP contribution in [0.15, 0.2) is 18.2 Å². The highest BCUT2D eigenvalue weighted by molar-refractivity contribution is 5.93. The maximum Gasteiger partial charge on any atom is 0.418 e. The van der Waals surface area contributed by atoms with Crippen molar-refractivity contribution in [2.75, 3.05) is 5.32 Å². The predicted molar refractivity (Wildman–Crippen MR) is 69.1 cm³/mol. The van der Waals surface area contributed by atoms with Crippen molar-refractivity contribution in [1.82, 2.24) is 0 Å². The van der Waals surface area contributed by atoms with Gasteiger partial charge in [-0.2, -0.15) is 18.4 Å². The number of carbonyl (C=O) groups is 1. The molecule has 0 saturated heterocycles. The first-order valence-electron chi connectivity index (χ1n) is 6.80. The summed E-state index contributed by atoms with van der Waals surface area (Å²) in [6.07, 6.45) is -1.91. The molecule has 110 valence electrons. The molecule has 3 rings (SSSR count). The number of halogens is 3. The highest BCUT2D eigenvalue weighted by atomic mass is 19.4. The second-order valence-electron chi connectivity index (χ2n) is 5.78. The van der Waals surface area contributed by atoms with Crippen molar-refractivity contribution in [3.8, 4) is 6.07 Å². The zero-order valence-electron chi connectivity index (χ0n) is 11.1. The molecule has 3 nitrogen and oxygen atoms in total. The summed E-state index contributed by atoms with van der Waals surface area (Å²) in [4.78, 5) is 12.1. The van der Waals surface area contributed by atoms with Crippen LogP contribution in [-0.2, 0) is 11.0 Å². The molecule has 0 heterocycles. The molecule has 21 heavy (non-hydrogen) atoms. The fourth-order valence-electron chi connectivity index (χ4n) is 3.12. The van der Waals surface area contributed by atoms with Gasteiger partial charge in [0.05, 0.1) is 22.9 Å². The maximum atomic E-state index is 13.0. The molecule has 1 aromatic carbocycles. The summed E-state index contributed by atoms with van der Waals surface area (Å²) in [7, 11) is 0. The zero-order chi connectivity index (χ0) is 15.2. The van der Waals surface area contributed by atoms with Gasteiger partial charge in [0.15, 0.2) is 0 Å². The lowest BCUT2D eigenvalue weighted by Gasteiger charge is -2.17.